The van der Waals surface area contributed by atoms with Crippen molar-refractivity contribution in [1.82, 2.24) is 14.3 Å². The molecule has 0 amide bonds. The smallest absolute Gasteiger partial charge is 0.352 e. The van der Waals surface area contributed by atoms with Crippen LogP contribution in [-0.2, 0) is 13.1 Å². The van der Waals surface area contributed by atoms with E-state index in [1.165, 1.54) is 0 Å². The molecule has 108 valence electrons. The molecule has 1 aromatic carbocycles. The van der Waals surface area contributed by atoms with Gasteiger partial charge in [0, 0.05) is 18.1 Å². The highest BCUT2D eigenvalue weighted by Crippen LogP contribution is 2.21. The van der Waals surface area contributed by atoms with Crippen molar-refractivity contribution in [3.63, 3.8) is 0 Å². The summed E-state index contributed by atoms with van der Waals surface area (Å²) in [5, 5.41) is 15.0. The fourth-order valence-electron chi connectivity index (χ4n) is 2.72. The summed E-state index contributed by atoms with van der Waals surface area (Å²) >= 11 is 0. The molecule has 0 unspecified atom stereocenters. The number of hydrogen-bond donors (Lipinski definition) is 1. The summed E-state index contributed by atoms with van der Waals surface area (Å²) < 4.78 is 3.69. The molecule has 21 heavy (non-hydrogen) atoms. The Hall–Kier alpha value is -2.56. The number of aromatic nitrogens is 3. The van der Waals surface area contributed by atoms with E-state index in [4.69, 9.17) is 0 Å². The Morgan fingerprint density at radius 2 is 2.05 bits per heavy atom. The molecule has 5 heteroatoms. The van der Waals surface area contributed by atoms with Gasteiger partial charge in [-0.05, 0) is 31.5 Å². The molecule has 0 aliphatic heterocycles. The third-order valence-corrected chi connectivity index (χ3v) is 3.72. The van der Waals surface area contributed by atoms with Crippen molar-refractivity contribution < 1.29 is 9.90 Å². The van der Waals surface area contributed by atoms with Crippen LogP contribution in [0.1, 0.15) is 28.7 Å². The average molecular weight is 283 g/mol. The minimum Gasteiger partial charge on any atom is -0.477 e. The molecule has 0 saturated heterocycles. The molecule has 0 radical (unpaired) electrons. The fourth-order valence-corrected chi connectivity index (χ4v) is 2.72. The first-order valence-electron chi connectivity index (χ1n) is 6.95. The lowest BCUT2D eigenvalue weighted by Gasteiger charge is -2.05. The van der Waals surface area contributed by atoms with Crippen molar-refractivity contribution in [2.24, 2.45) is 0 Å². The molecule has 0 aliphatic rings. The van der Waals surface area contributed by atoms with Gasteiger partial charge in [0.05, 0.1) is 17.8 Å². The number of fused-ring (bicyclic) bond motifs is 1. The molecule has 2 aromatic heterocycles. The summed E-state index contributed by atoms with van der Waals surface area (Å²) in [6.07, 6.45) is 1.80. The van der Waals surface area contributed by atoms with E-state index in [9.17, 15) is 9.90 Å². The predicted octanol–water partition coefficient (Wildman–Crippen LogP) is 2.91. The molecule has 0 aliphatic carbocycles. The molecular weight excluding hydrogens is 266 g/mol. The number of para-hydroxylation sites is 1. The van der Waals surface area contributed by atoms with Crippen molar-refractivity contribution in [3.05, 3.63) is 53.5 Å². The number of carboxylic acid groups (broad SMARTS) is 1. The van der Waals surface area contributed by atoms with Gasteiger partial charge in [-0.15, -0.1) is 0 Å². The molecule has 0 atom stereocenters. The fraction of sp³-hybridized carbons (Fsp3) is 0.250. The number of nitrogens with zero attached hydrogens (tertiary/aromatic N) is 3. The second-order valence-corrected chi connectivity index (χ2v) is 5.06. The van der Waals surface area contributed by atoms with E-state index in [2.05, 4.69) is 5.10 Å². The van der Waals surface area contributed by atoms with Crippen LogP contribution in [0.4, 0.5) is 0 Å². The quantitative estimate of drug-likeness (QED) is 0.801. The van der Waals surface area contributed by atoms with Crippen LogP contribution in [0.5, 0.6) is 0 Å². The maximum atomic E-state index is 11.4. The number of carboxylic acids is 1. The maximum Gasteiger partial charge on any atom is 0.352 e. The Morgan fingerprint density at radius 3 is 2.76 bits per heavy atom. The zero-order chi connectivity index (χ0) is 15.0. The van der Waals surface area contributed by atoms with Gasteiger partial charge >= 0.3 is 5.97 Å². The number of benzene rings is 1. The molecule has 0 saturated carbocycles. The number of hydrogen-bond acceptors (Lipinski definition) is 2. The van der Waals surface area contributed by atoms with Crippen molar-refractivity contribution in [2.75, 3.05) is 0 Å². The topological polar surface area (TPSA) is 60.0 Å². The van der Waals surface area contributed by atoms with Crippen LogP contribution < -0.4 is 0 Å². The normalized spacial score (nSPS) is 11.1. The minimum atomic E-state index is -0.906. The second kappa shape index (κ2) is 5.09. The van der Waals surface area contributed by atoms with Crippen molar-refractivity contribution in [3.8, 4) is 0 Å². The zero-order valence-corrected chi connectivity index (χ0v) is 12.1. The van der Waals surface area contributed by atoms with E-state index >= 15 is 0 Å². The molecule has 0 fully saturated rings. The molecule has 2 heterocycles. The first-order chi connectivity index (χ1) is 10.1. The molecular formula is C16H17N3O2. The average Bonchev–Trinajstić information content (AvgIpc) is 3.01. The van der Waals surface area contributed by atoms with Crippen molar-refractivity contribution >= 4 is 16.9 Å². The van der Waals surface area contributed by atoms with E-state index in [0.717, 1.165) is 28.7 Å². The molecule has 0 bridgehead atoms. The largest absolute Gasteiger partial charge is 0.477 e. The zero-order valence-electron chi connectivity index (χ0n) is 12.1. The Balaban J connectivity index is 2.09. The predicted molar refractivity (Wildman–Crippen MR) is 80.6 cm³/mol. The molecule has 1 N–H and O–H groups in total. The Labute approximate surface area is 122 Å². The van der Waals surface area contributed by atoms with E-state index in [0.29, 0.717) is 12.2 Å². The summed E-state index contributed by atoms with van der Waals surface area (Å²) in [5.74, 6) is -0.906. The van der Waals surface area contributed by atoms with Crippen LogP contribution >= 0.6 is 0 Å². The number of rotatable bonds is 4. The Morgan fingerprint density at radius 1 is 1.29 bits per heavy atom. The first kappa shape index (κ1) is 13.4. The van der Waals surface area contributed by atoms with Gasteiger partial charge in [-0.2, -0.15) is 5.10 Å². The Bertz CT molecular complexity index is 814. The highest BCUT2D eigenvalue weighted by Gasteiger charge is 2.16. The van der Waals surface area contributed by atoms with Gasteiger partial charge in [0.15, 0.2) is 0 Å². The number of aromatic carboxylic acids is 1. The van der Waals surface area contributed by atoms with Crippen LogP contribution in [0.25, 0.3) is 10.9 Å². The van der Waals surface area contributed by atoms with Gasteiger partial charge in [0.25, 0.3) is 0 Å². The van der Waals surface area contributed by atoms with E-state index < -0.39 is 5.97 Å². The standard InChI is InChI=1S/C16H17N3O2/c1-3-19-14-7-5-4-6-12(14)13(17-19)10-18-9-8-11(2)15(18)16(20)21/h4-9H,3,10H2,1-2H3,(H,20,21). The van der Waals surface area contributed by atoms with Crippen LogP contribution in [0.3, 0.4) is 0 Å². The summed E-state index contributed by atoms with van der Waals surface area (Å²) in [7, 11) is 0. The highest BCUT2D eigenvalue weighted by atomic mass is 16.4. The first-order valence-corrected chi connectivity index (χ1v) is 6.95. The summed E-state index contributed by atoms with van der Waals surface area (Å²) in [6, 6.07) is 9.85. The van der Waals surface area contributed by atoms with Crippen molar-refractivity contribution in [1.29, 1.82) is 0 Å². The van der Waals surface area contributed by atoms with Crippen LogP contribution in [-0.4, -0.2) is 25.4 Å². The lowest BCUT2D eigenvalue weighted by molar-refractivity contribution is 0.0685. The van der Waals surface area contributed by atoms with Crippen LogP contribution in [0.15, 0.2) is 36.5 Å². The summed E-state index contributed by atoms with van der Waals surface area (Å²) in [6.45, 7) is 5.11. The van der Waals surface area contributed by atoms with Gasteiger partial charge in [0.1, 0.15) is 5.69 Å². The monoisotopic (exact) mass is 283 g/mol. The van der Waals surface area contributed by atoms with Gasteiger partial charge in [-0.1, -0.05) is 18.2 Å². The minimum absolute atomic E-state index is 0.324. The van der Waals surface area contributed by atoms with E-state index in [-0.39, 0.29) is 0 Å². The third-order valence-electron chi connectivity index (χ3n) is 3.72. The number of carbonyl (C=O) groups is 1. The maximum absolute atomic E-state index is 11.4. The van der Waals surface area contributed by atoms with Gasteiger partial charge in [0.2, 0.25) is 0 Å². The highest BCUT2D eigenvalue weighted by molar-refractivity contribution is 5.88. The SMILES string of the molecule is CCn1nc(Cn2ccc(C)c2C(=O)O)c2ccccc21. The Kier molecular flexibility index (Phi) is 3.25. The van der Waals surface area contributed by atoms with E-state index in [1.54, 1.807) is 10.8 Å². The molecule has 5 nitrogen and oxygen atoms in total. The second-order valence-electron chi connectivity index (χ2n) is 5.06. The van der Waals surface area contributed by atoms with Crippen LogP contribution in [0.2, 0.25) is 0 Å². The summed E-state index contributed by atoms with van der Waals surface area (Å²) in [5.41, 5.74) is 3.06. The van der Waals surface area contributed by atoms with Gasteiger partial charge in [-0.25, -0.2) is 4.79 Å². The molecule has 3 aromatic rings. The van der Waals surface area contributed by atoms with Crippen molar-refractivity contribution in [2.45, 2.75) is 26.9 Å². The van der Waals surface area contributed by atoms with Gasteiger partial charge in [-0.3, -0.25) is 4.68 Å². The molecule has 3 rings (SSSR count). The lowest BCUT2D eigenvalue weighted by atomic mass is 10.2. The lowest BCUT2D eigenvalue weighted by Crippen LogP contribution is -2.10. The number of aryl methyl sites for hydroxylation is 2. The van der Waals surface area contributed by atoms with Gasteiger partial charge < -0.3 is 9.67 Å². The summed E-state index contributed by atoms with van der Waals surface area (Å²) in [4.78, 5) is 11.4. The van der Waals surface area contributed by atoms with Crippen LogP contribution in [0, 0.1) is 6.92 Å². The van der Waals surface area contributed by atoms with E-state index in [1.807, 2.05) is 48.9 Å². The third kappa shape index (κ3) is 2.20. The molecule has 0 spiro atoms.